The van der Waals surface area contributed by atoms with E-state index in [1.165, 1.54) is 11.1 Å². The van der Waals surface area contributed by atoms with Crippen molar-refractivity contribution >= 4 is 23.0 Å². The third-order valence-electron chi connectivity index (χ3n) is 4.57. The Kier molecular flexibility index (Phi) is 4.01. The first-order valence-electron chi connectivity index (χ1n) is 8.33. The molecule has 0 radical (unpaired) electrons. The summed E-state index contributed by atoms with van der Waals surface area (Å²) in [4.78, 5) is 6.77. The van der Waals surface area contributed by atoms with Crippen LogP contribution in [0.3, 0.4) is 0 Å². The highest BCUT2D eigenvalue weighted by Gasteiger charge is 2.40. The molecule has 0 saturated carbocycles. The van der Waals surface area contributed by atoms with Crippen LogP contribution in [0.2, 0.25) is 0 Å². The highest BCUT2D eigenvalue weighted by atomic mass is 32.1. The number of aromatic nitrogens is 2. The summed E-state index contributed by atoms with van der Waals surface area (Å²) in [5.41, 5.74) is 4.53. The molecule has 3 heterocycles. The fourth-order valence-corrected chi connectivity index (χ4v) is 3.80. The number of benzene rings is 1. The van der Waals surface area contributed by atoms with Gasteiger partial charge in [0.15, 0.2) is 5.11 Å². The fourth-order valence-electron chi connectivity index (χ4n) is 3.45. The molecule has 0 amide bonds. The third-order valence-corrected chi connectivity index (χ3v) is 4.89. The number of anilines is 1. The van der Waals surface area contributed by atoms with Crippen LogP contribution < -0.4 is 10.2 Å². The number of rotatable bonds is 3. The number of nitrogens with zero attached hydrogens (tertiary/aromatic N) is 3. The SMILES string of the molecule is Cc1cccc(N2C(=S)N[C@H](c3ccccn3)[C@H]2c2ccn(C)c2)c1. The van der Waals surface area contributed by atoms with Crippen LogP contribution >= 0.6 is 12.2 Å². The minimum atomic E-state index is 0.0108. The van der Waals surface area contributed by atoms with Crippen molar-refractivity contribution in [2.24, 2.45) is 7.05 Å². The number of aryl methyl sites for hydroxylation is 2. The highest BCUT2D eigenvalue weighted by Crippen LogP contribution is 2.41. The van der Waals surface area contributed by atoms with E-state index in [4.69, 9.17) is 12.2 Å². The lowest BCUT2D eigenvalue weighted by Gasteiger charge is -2.27. The van der Waals surface area contributed by atoms with Gasteiger partial charge in [0.25, 0.3) is 0 Å². The van der Waals surface area contributed by atoms with E-state index < -0.39 is 0 Å². The second-order valence-corrected chi connectivity index (χ2v) is 6.83. The zero-order valence-corrected chi connectivity index (χ0v) is 15.1. The molecule has 1 saturated heterocycles. The summed E-state index contributed by atoms with van der Waals surface area (Å²) in [5, 5.41) is 4.21. The first-order chi connectivity index (χ1) is 12.1. The van der Waals surface area contributed by atoms with Gasteiger partial charge in [-0.15, -0.1) is 0 Å². The van der Waals surface area contributed by atoms with Gasteiger partial charge in [0.05, 0.1) is 17.8 Å². The van der Waals surface area contributed by atoms with Gasteiger partial charge in [0, 0.05) is 31.3 Å². The van der Waals surface area contributed by atoms with Crippen LogP contribution in [-0.4, -0.2) is 14.7 Å². The molecule has 2 aromatic heterocycles. The molecular formula is C20H20N4S. The molecule has 1 aliphatic heterocycles. The van der Waals surface area contributed by atoms with E-state index in [-0.39, 0.29) is 12.1 Å². The summed E-state index contributed by atoms with van der Waals surface area (Å²) in [6.45, 7) is 2.10. The molecule has 0 unspecified atom stereocenters. The van der Waals surface area contributed by atoms with Gasteiger partial charge in [-0.25, -0.2) is 0 Å². The minimum Gasteiger partial charge on any atom is -0.357 e. The van der Waals surface area contributed by atoms with Crippen molar-refractivity contribution in [1.82, 2.24) is 14.9 Å². The fraction of sp³-hybridized carbons (Fsp3) is 0.200. The Morgan fingerprint density at radius 1 is 1.12 bits per heavy atom. The largest absolute Gasteiger partial charge is 0.357 e. The van der Waals surface area contributed by atoms with Crippen molar-refractivity contribution in [3.63, 3.8) is 0 Å². The molecule has 2 atom stereocenters. The maximum Gasteiger partial charge on any atom is 0.174 e. The lowest BCUT2D eigenvalue weighted by atomic mass is 9.98. The van der Waals surface area contributed by atoms with E-state index in [9.17, 15) is 0 Å². The van der Waals surface area contributed by atoms with Crippen molar-refractivity contribution < 1.29 is 0 Å². The first kappa shape index (κ1) is 15.8. The van der Waals surface area contributed by atoms with Crippen molar-refractivity contribution in [3.8, 4) is 0 Å². The summed E-state index contributed by atoms with van der Waals surface area (Å²) >= 11 is 5.71. The van der Waals surface area contributed by atoms with Crippen molar-refractivity contribution in [3.05, 3.63) is 83.9 Å². The molecule has 1 aromatic carbocycles. The predicted molar refractivity (Wildman–Crippen MR) is 105 cm³/mol. The zero-order chi connectivity index (χ0) is 17.4. The van der Waals surface area contributed by atoms with E-state index in [0.717, 1.165) is 16.5 Å². The summed E-state index contributed by atoms with van der Waals surface area (Å²) in [7, 11) is 2.04. The van der Waals surface area contributed by atoms with Gasteiger partial charge in [-0.05, 0) is 60.6 Å². The van der Waals surface area contributed by atoms with Gasteiger partial charge < -0.3 is 14.8 Å². The summed E-state index contributed by atoms with van der Waals surface area (Å²) in [6.07, 6.45) is 6.05. The van der Waals surface area contributed by atoms with Gasteiger partial charge in [-0.1, -0.05) is 18.2 Å². The molecule has 0 aliphatic carbocycles. The highest BCUT2D eigenvalue weighted by molar-refractivity contribution is 7.80. The van der Waals surface area contributed by atoms with Crippen LogP contribution in [-0.2, 0) is 7.05 Å². The Morgan fingerprint density at radius 2 is 2.00 bits per heavy atom. The molecular weight excluding hydrogens is 328 g/mol. The Balaban J connectivity index is 1.83. The van der Waals surface area contributed by atoms with Crippen molar-refractivity contribution in [2.75, 3.05) is 4.90 Å². The maximum absolute atomic E-state index is 5.71. The van der Waals surface area contributed by atoms with E-state index in [2.05, 4.69) is 75.5 Å². The van der Waals surface area contributed by atoms with Gasteiger partial charge in [-0.3, -0.25) is 4.98 Å². The Bertz CT molecular complexity index is 903. The quantitative estimate of drug-likeness (QED) is 0.728. The van der Waals surface area contributed by atoms with Crippen LogP contribution in [0, 0.1) is 6.92 Å². The van der Waals surface area contributed by atoms with Gasteiger partial charge >= 0.3 is 0 Å². The molecule has 1 fully saturated rings. The average molecular weight is 348 g/mol. The van der Waals surface area contributed by atoms with Crippen molar-refractivity contribution in [2.45, 2.75) is 19.0 Å². The summed E-state index contributed by atoms with van der Waals surface area (Å²) in [5.74, 6) is 0. The topological polar surface area (TPSA) is 33.1 Å². The average Bonchev–Trinajstić information content (AvgIpc) is 3.18. The maximum atomic E-state index is 5.71. The number of thiocarbonyl (C=S) groups is 1. The predicted octanol–water partition coefficient (Wildman–Crippen LogP) is 3.91. The summed E-state index contributed by atoms with van der Waals surface area (Å²) in [6, 6.07) is 16.7. The van der Waals surface area contributed by atoms with E-state index in [1.807, 2.05) is 25.4 Å². The lowest BCUT2D eigenvalue weighted by Crippen LogP contribution is -2.29. The van der Waals surface area contributed by atoms with Crippen molar-refractivity contribution in [1.29, 1.82) is 0 Å². The molecule has 126 valence electrons. The standard InChI is InChI=1S/C20H20N4S/c1-14-6-5-7-16(12-14)24-19(15-9-11-23(2)13-15)18(22-20(24)25)17-8-3-4-10-21-17/h3-13,18-19H,1-2H3,(H,22,25)/t18-,19-/m1/s1. The number of hydrogen-bond acceptors (Lipinski definition) is 2. The third kappa shape index (κ3) is 2.91. The van der Waals surface area contributed by atoms with E-state index >= 15 is 0 Å². The normalized spacial score (nSPS) is 19.9. The van der Waals surface area contributed by atoms with Gasteiger partial charge in [0.2, 0.25) is 0 Å². The molecule has 5 heteroatoms. The second-order valence-electron chi connectivity index (χ2n) is 6.45. The Hall–Kier alpha value is -2.66. The van der Waals surface area contributed by atoms with Gasteiger partial charge in [-0.2, -0.15) is 0 Å². The smallest absolute Gasteiger partial charge is 0.174 e. The molecule has 1 aliphatic rings. The minimum absolute atomic E-state index is 0.0108. The molecule has 25 heavy (non-hydrogen) atoms. The van der Waals surface area contributed by atoms with Crippen LogP contribution in [0.15, 0.2) is 67.1 Å². The van der Waals surface area contributed by atoms with Crippen LogP contribution in [0.4, 0.5) is 5.69 Å². The Morgan fingerprint density at radius 3 is 2.68 bits per heavy atom. The number of nitrogens with one attached hydrogen (secondary N) is 1. The van der Waals surface area contributed by atoms with Crippen LogP contribution in [0.1, 0.15) is 28.9 Å². The monoisotopic (exact) mass is 348 g/mol. The second kappa shape index (κ2) is 6.33. The zero-order valence-electron chi connectivity index (χ0n) is 14.3. The Labute approximate surface area is 153 Å². The molecule has 4 rings (SSSR count). The molecule has 1 N–H and O–H groups in total. The first-order valence-corrected chi connectivity index (χ1v) is 8.73. The molecule has 0 spiro atoms. The molecule has 3 aromatic rings. The van der Waals surface area contributed by atoms with E-state index in [1.54, 1.807) is 0 Å². The van der Waals surface area contributed by atoms with Gasteiger partial charge in [0.1, 0.15) is 0 Å². The number of hydrogen-bond donors (Lipinski definition) is 1. The lowest BCUT2D eigenvalue weighted by molar-refractivity contribution is 0.567. The van der Waals surface area contributed by atoms with Crippen LogP contribution in [0.25, 0.3) is 0 Å². The summed E-state index contributed by atoms with van der Waals surface area (Å²) < 4.78 is 2.07. The van der Waals surface area contributed by atoms with Crippen LogP contribution in [0.5, 0.6) is 0 Å². The number of pyridine rings is 1. The van der Waals surface area contributed by atoms with E-state index in [0.29, 0.717) is 0 Å². The molecule has 4 nitrogen and oxygen atoms in total. The molecule has 0 bridgehead atoms.